The molecule has 0 aromatic heterocycles. The van der Waals surface area contributed by atoms with E-state index in [1.54, 1.807) is 31.3 Å². The molecule has 0 radical (unpaired) electrons. The van der Waals surface area contributed by atoms with Gasteiger partial charge in [-0.25, -0.2) is 0 Å². The summed E-state index contributed by atoms with van der Waals surface area (Å²) in [5.41, 5.74) is 1.32. The Morgan fingerprint density at radius 1 is 1.05 bits per heavy atom. The second kappa shape index (κ2) is 13.4. The predicted octanol–water partition coefficient (Wildman–Crippen LogP) is 1.92. The first-order valence-electron chi connectivity index (χ1n) is 12.7. The van der Waals surface area contributed by atoms with Gasteiger partial charge in [-0.15, -0.1) is 0 Å². The molecule has 9 nitrogen and oxygen atoms in total. The van der Waals surface area contributed by atoms with Crippen LogP contribution in [-0.4, -0.2) is 67.4 Å². The van der Waals surface area contributed by atoms with E-state index in [9.17, 15) is 19.2 Å². The zero-order valence-electron chi connectivity index (χ0n) is 21.7. The largest absolute Gasteiger partial charge is 0.491 e. The first-order chi connectivity index (χ1) is 17.8. The van der Waals surface area contributed by atoms with E-state index < -0.39 is 29.8 Å². The SMILES string of the molecule is CC[C@H](C)[C@@H]1NC(=O)C[C@@H](C(=O)N(C)CCc2ccccc2)NC(=O)c2ccccc2OCCNC1=O. The fourth-order valence-corrected chi connectivity index (χ4v) is 4.10. The van der Waals surface area contributed by atoms with Gasteiger partial charge in [0.25, 0.3) is 5.91 Å². The molecule has 3 N–H and O–H groups in total. The quantitative estimate of drug-likeness (QED) is 0.551. The molecule has 3 rings (SSSR count). The van der Waals surface area contributed by atoms with Crippen molar-refractivity contribution < 1.29 is 23.9 Å². The van der Waals surface area contributed by atoms with Crippen LogP contribution < -0.4 is 20.7 Å². The molecule has 198 valence electrons. The monoisotopic (exact) mass is 508 g/mol. The highest BCUT2D eigenvalue weighted by atomic mass is 16.5. The molecule has 0 aliphatic carbocycles. The maximum atomic E-state index is 13.4. The molecule has 0 fully saturated rings. The molecular weight excluding hydrogens is 472 g/mol. The second-order valence-electron chi connectivity index (χ2n) is 9.29. The Labute approximate surface area is 217 Å². The number of nitrogens with one attached hydrogen (secondary N) is 3. The number of hydrogen-bond acceptors (Lipinski definition) is 5. The molecule has 0 bridgehead atoms. The van der Waals surface area contributed by atoms with Gasteiger partial charge >= 0.3 is 0 Å². The molecule has 2 aromatic carbocycles. The summed E-state index contributed by atoms with van der Waals surface area (Å²) in [5, 5.41) is 8.30. The standard InChI is InChI=1S/C28H36N4O5/c1-4-19(2)25-27(35)29-15-17-37-23-13-9-8-12-21(23)26(34)30-22(18-24(33)31-25)28(36)32(3)16-14-20-10-6-5-7-11-20/h5-13,19,22,25H,4,14-18H2,1-3H3,(H,29,35)(H,30,34)(H,31,33)/t19-,22-,25-/m0/s1. The number of carbonyl (C=O) groups is 4. The summed E-state index contributed by atoms with van der Waals surface area (Å²) in [5.74, 6) is -1.51. The number of benzene rings is 2. The van der Waals surface area contributed by atoms with Crippen molar-refractivity contribution in [1.29, 1.82) is 0 Å². The summed E-state index contributed by atoms with van der Waals surface area (Å²) in [4.78, 5) is 54.0. The maximum Gasteiger partial charge on any atom is 0.255 e. The molecule has 0 spiro atoms. The van der Waals surface area contributed by atoms with Gasteiger partial charge < -0.3 is 25.6 Å². The summed E-state index contributed by atoms with van der Waals surface area (Å²) < 4.78 is 5.77. The number of ether oxygens (including phenoxy) is 1. The van der Waals surface area contributed by atoms with Crippen LogP contribution in [-0.2, 0) is 20.8 Å². The molecule has 2 aromatic rings. The van der Waals surface area contributed by atoms with Gasteiger partial charge in [-0.1, -0.05) is 62.7 Å². The van der Waals surface area contributed by atoms with Crippen molar-refractivity contribution in [3.8, 4) is 5.75 Å². The van der Waals surface area contributed by atoms with Crippen LogP contribution in [0.1, 0.15) is 42.6 Å². The second-order valence-corrected chi connectivity index (χ2v) is 9.29. The number of carbonyl (C=O) groups excluding carboxylic acids is 4. The van der Waals surface area contributed by atoms with Crippen molar-refractivity contribution in [2.24, 2.45) is 5.92 Å². The molecule has 1 aliphatic rings. The number of amides is 4. The molecule has 1 heterocycles. The van der Waals surface area contributed by atoms with Gasteiger partial charge in [0.1, 0.15) is 24.4 Å². The molecule has 0 unspecified atom stereocenters. The minimum atomic E-state index is -1.12. The highest BCUT2D eigenvalue weighted by Gasteiger charge is 2.31. The summed E-state index contributed by atoms with van der Waals surface area (Å²) in [6.07, 6.45) is 0.996. The number of para-hydroxylation sites is 1. The van der Waals surface area contributed by atoms with Crippen LogP contribution in [0.2, 0.25) is 0 Å². The first kappa shape index (κ1) is 27.7. The zero-order valence-corrected chi connectivity index (χ0v) is 21.7. The summed E-state index contributed by atoms with van der Waals surface area (Å²) in [6, 6.07) is 14.5. The van der Waals surface area contributed by atoms with Gasteiger partial charge in [-0.05, 0) is 30.0 Å². The number of likely N-dealkylation sites (N-methyl/N-ethyl adjacent to an activating group) is 1. The van der Waals surface area contributed by atoms with Crippen LogP contribution >= 0.6 is 0 Å². The molecule has 0 saturated heterocycles. The summed E-state index contributed by atoms with van der Waals surface area (Å²) in [6.45, 7) is 4.58. The van der Waals surface area contributed by atoms with E-state index in [1.165, 1.54) is 4.90 Å². The molecule has 4 amide bonds. The highest BCUT2D eigenvalue weighted by Crippen LogP contribution is 2.19. The first-order valence-corrected chi connectivity index (χ1v) is 12.7. The predicted molar refractivity (Wildman–Crippen MR) is 140 cm³/mol. The number of nitrogens with zero attached hydrogens (tertiary/aromatic N) is 1. The Balaban J connectivity index is 1.85. The smallest absolute Gasteiger partial charge is 0.255 e. The average molecular weight is 509 g/mol. The normalized spacial score (nSPS) is 19.7. The number of fused-ring (bicyclic) bond motifs is 1. The van der Waals surface area contributed by atoms with Gasteiger partial charge in [-0.3, -0.25) is 19.2 Å². The molecular formula is C28H36N4O5. The van der Waals surface area contributed by atoms with E-state index in [2.05, 4.69) is 16.0 Å². The van der Waals surface area contributed by atoms with E-state index in [1.807, 2.05) is 44.2 Å². The maximum absolute atomic E-state index is 13.4. The van der Waals surface area contributed by atoms with Crippen molar-refractivity contribution in [2.45, 2.75) is 45.2 Å². The minimum absolute atomic E-state index is 0.129. The van der Waals surface area contributed by atoms with Crippen molar-refractivity contribution >= 4 is 23.6 Å². The van der Waals surface area contributed by atoms with Crippen LogP contribution in [0.25, 0.3) is 0 Å². The lowest BCUT2D eigenvalue weighted by Crippen LogP contribution is -2.54. The lowest BCUT2D eigenvalue weighted by Gasteiger charge is -2.27. The Bertz CT molecular complexity index is 1090. The van der Waals surface area contributed by atoms with Gasteiger partial charge in [0.05, 0.1) is 18.5 Å². The number of hydrogen-bond donors (Lipinski definition) is 3. The fourth-order valence-electron chi connectivity index (χ4n) is 4.10. The molecule has 0 saturated carbocycles. The zero-order chi connectivity index (χ0) is 26.8. The van der Waals surface area contributed by atoms with Crippen molar-refractivity contribution in [3.63, 3.8) is 0 Å². The van der Waals surface area contributed by atoms with Gasteiger partial charge in [0, 0.05) is 13.6 Å². The summed E-state index contributed by atoms with van der Waals surface area (Å²) >= 11 is 0. The Kier molecular flexibility index (Phi) is 10.1. The van der Waals surface area contributed by atoms with Crippen LogP contribution in [0.4, 0.5) is 0 Å². The highest BCUT2D eigenvalue weighted by molar-refractivity contribution is 6.01. The van der Waals surface area contributed by atoms with Crippen LogP contribution in [0, 0.1) is 5.92 Å². The molecule has 37 heavy (non-hydrogen) atoms. The van der Waals surface area contributed by atoms with Crippen molar-refractivity contribution in [3.05, 3.63) is 65.7 Å². The van der Waals surface area contributed by atoms with E-state index in [4.69, 9.17) is 4.74 Å². The Hall–Kier alpha value is -3.88. The Morgan fingerprint density at radius 3 is 2.49 bits per heavy atom. The van der Waals surface area contributed by atoms with Gasteiger partial charge in [0.2, 0.25) is 17.7 Å². The third-order valence-electron chi connectivity index (χ3n) is 6.55. The number of rotatable bonds is 6. The van der Waals surface area contributed by atoms with Crippen LogP contribution in [0.15, 0.2) is 54.6 Å². The third-order valence-corrected chi connectivity index (χ3v) is 6.55. The lowest BCUT2D eigenvalue weighted by atomic mass is 9.97. The fraction of sp³-hybridized carbons (Fsp3) is 0.429. The summed E-state index contributed by atoms with van der Waals surface area (Å²) in [7, 11) is 1.65. The van der Waals surface area contributed by atoms with Crippen molar-refractivity contribution in [2.75, 3.05) is 26.7 Å². The minimum Gasteiger partial charge on any atom is -0.491 e. The van der Waals surface area contributed by atoms with Crippen LogP contribution in [0.3, 0.4) is 0 Å². The molecule has 3 atom stereocenters. The molecule has 9 heteroatoms. The van der Waals surface area contributed by atoms with Gasteiger partial charge in [-0.2, -0.15) is 0 Å². The lowest BCUT2D eigenvalue weighted by molar-refractivity contribution is -0.135. The van der Waals surface area contributed by atoms with Crippen molar-refractivity contribution in [1.82, 2.24) is 20.9 Å². The third kappa shape index (κ3) is 7.80. The van der Waals surface area contributed by atoms with Gasteiger partial charge in [0.15, 0.2) is 0 Å². The Morgan fingerprint density at radius 2 is 1.76 bits per heavy atom. The topological polar surface area (TPSA) is 117 Å². The van der Waals surface area contributed by atoms with E-state index in [0.717, 1.165) is 5.56 Å². The van der Waals surface area contributed by atoms with E-state index in [-0.39, 0.29) is 37.0 Å². The van der Waals surface area contributed by atoms with E-state index >= 15 is 0 Å². The van der Waals surface area contributed by atoms with Crippen LogP contribution in [0.5, 0.6) is 5.75 Å². The molecule has 1 aliphatic heterocycles. The average Bonchev–Trinajstić information content (AvgIpc) is 2.91. The van der Waals surface area contributed by atoms with E-state index in [0.29, 0.717) is 25.1 Å².